The molecule has 0 spiro atoms. The lowest BCUT2D eigenvalue weighted by atomic mass is 10.2. The number of hydrogen-bond acceptors (Lipinski definition) is 5. The first kappa shape index (κ1) is 13.9. The Hall–Kier alpha value is -3.09. The van der Waals surface area contributed by atoms with E-state index >= 15 is 0 Å². The van der Waals surface area contributed by atoms with E-state index in [-0.39, 0.29) is 12.5 Å². The molecule has 0 radical (unpaired) electrons. The molecular formula is C15H14N4O3. The fourth-order valence-corrected chi connectivity index (χ4v) is 1.87. The van der Waals surface area contributed by atoms with Crippen molar-refractivity contribution in [2.24, 2.45) is 0 Å². The molecule has 7 nitrogen and oxygen atoms in total. The number of carbonyl (C=O) groups is 1. The highest BCUT2D eigenvalue weighted by Crippen LogP contribution is 2.17. The van der Waals surface area contributed by atoms with Crippen LogP contribution in [0.2, 0.25) is 0 Å². The molecule has 3 aromatic rings. The molecule has 112 valence electrons. The van der Waals surface area contributed by atoms with Gasteiger partial charge in [0, 0.05) is 0 Å². The highest BCUT2D eigenvalue weighted by molar-refractivity contribution is 6.00. The molecule has 2 heterocycles. The summed E-state index contributed by atoms with van der Waals surface area (Å²) in [5.74, 6) is 0.842. The number of hydrogen-bond donors (Lipinski definition) is 1. The summed E-state index contributed by atoms with van der Waals surface area (Å²) in [5.41, 5.74) is 4.16. The van der Waals surface area contributed by atoms with Gasteiger partial charge in [0.15, 0.2) is 5.76 Å². The van der Waals surface area contributed by atoms with E-state index in [1.165, 1.54) is 23.6 Å². The molecule has 0 unspecified atom stereocenters. The van der Waals surface area contributed by atoms with E-state index in [4.69, 9.17) is 9.15 Å². The zero-order chi connectivity index (χ0) is 15.4. The number of nitrogens with one attached hydrogen (secondary N) is 1. The van der Waals surface area contributed by atoms with Crippen LogP contribution in [0, 0.1) is 6.92 Å². The van der Waals surface area contributed by atoms with E-state index in [1.807, 2.05) is 31.2 Å². The Morgan fingerprint density at radius 1 is 1.23 bits per heavy atom. The highest BCUT2D eigenvalue weighted by atomic mass is 16.5. The van der Waals surface area contributed by atoms with Gasteiger partial charge in [0.1, 0.15) is 25.0 Å². The molecule has 0 aliphatic carbocycles. The minimum absolute atomic E-state index is 0.168. The van der Waals surface area contributed by atoms with Gasteiger partial charge in [-0.05, 0) is 25.1 Å². The SMILES string of the molecule is Cc1ccc(OCc2occc2C(=O)Nn2cnnc2)cc1. The third kappa shape index (κ3) is 3.14. The maximum atomic E-state index is 12.1. The Morgan fingerprint density at radius 3 is 2.68 bits per heavy atom. The Kier molecular flexibility index (Phi) is 3.86. The third-order valence-electron chi connectivity index (χ3n) is 3.03. The summed E-state index contributed by atoms with van der Waals surface area (Å²) in [4.78, 5) is 12.1. The third-order valence-corrected chi connectivity index (χ3v) is 3.03. The lowest BCUT2D eigenvalue weighted by molar-refractivity contribution is 0.100. The number of amides is 1. The van der Waals surface area contributed by atoms with Crippen molar-refractivity contribution >= 4 is 5.91 Å². The molecule has 0 saturated heterocycles. The molecule has 22 heavy (non-hydrogen) atoms. The number of ether oxygens (including phenoxy) is 1. The van der Waals surface area contributed by atoms with Crippen LogP contribution in [0.4, 0.5) is 0 Å². The molecule has 2 aromatic heterocycles. The minimum atomic E-state index is -0.323. The molecule has 1 aromatic carbocycles. The standard InChI is InChI=1S/C15H14N4O3/c1-11-2-4-12(5-3-11)22-8-14-13(6-7-21-14)15(20)18-19-9-16-17-10-19/h2-7,9-10H,8H2,1H3,(H,18,20). The number of benzene rings is 1. The monoisotopic (exact) mass is 298 g/mol. The average molecular weight is 298 g/mol. The molecule has 0 bridgehead atoms. The highest BCUT2D eigenvalue weighted by Gasteiger charge is 2.15. The molecule has 1 amide bonds. The predicted octanol–water partition coefficient (Wildman–Crippen LogP) is 2.14. The van der Waals surface area contributed by atoms with Crippen molar-refractivity contribution in [3.05, 3.63) is 66.1 Å². The molecular weight excluding hydrogens is 284 g/mol. The number of nitrogens with zero attached hydrogens (tertiary/aromatic N) is 3. The zero-order valence-electron chi connectivity index (χ0n) is 11.9. The summed E-state index contributed by atoms with van der Waals surface area (Å²) in [6, 6.07) is 9.24. The topological polar surface area (TPSA) is 82.2 Å². The van der Waals surface area contributed by atoms with Crippen LogP contribution in [0.5, 0.6) is 5.75 Å². The van der Waals surface area contributed by atoms with Crippen LogP contribution in [0.15, 0.2) is 53.7 Å². The first-order valence-electron chi connectivity index (χ1n) is 6.64. The van der Waals surface area contributed by atoms with Crippen LogP contribution in [-0.4, -0.2) is 20.8 Å². The van der Waals surface area contributed by atoms with Gasteiger partial charge in [-0.1, -0.05) is 17.7 Å². The molecule has 0 aliphatic heterocycles. The van der Waals surface area contributed by atoms with Gasteiger partial charge in [-0.25, -0.2) is 4.68 Å². The van der Waals surface area contributed by atoms with E-state index in [0.717, 1.165) is 5.56 Å². The van der Waals surface area contributed by atoms with Crippen molar-refractivity contribution in [3.63, 3.8) is 0 Å². The summed E-state index contributed by atoms with van der Waals surface area (Å²) in [6.45, 7) is 2.17. The predicted molar refractivity (Wildman–Crippen MR) is 77.9 cm³/mol. The fourth-order valence-electron chi connectivity index (χ4n) is 1.87. The van der Waals surface area contributed by atoms with E-state index in [1.54, 1.807) is 6.07 Å². The second-order valence-electron chi connectivity index (χ2n) is 4.67. The molecule has 0 saturated carbocycles. The summed E-state index contributed by atoms with van der Waals surface area (Å²) < 4.78 is 12.3. The lowest BCUT2D eigenvalue weighted by Crippen LogP contribution is -2.22. The first-order valence-corrected chi connectivity index (χ1v) is 6.64. The fraction of sp³-hybridized carbons (Fsp3) is 0.133. The average Bonchev–Trinajstić information content (AvgIpc) is 3.17. The van der Waals surface area contributed by atoms with Gasteiger partial charge in [0.2, 0.25) is 0 Å². The van der Waals surface area contributed by atoms with Crippen LogP contribution in [-0.2, 0) is 6.61 Å². The molecule has 3 rings (SSSR count). The van der Waals surface area contributed by atoms with Gasteiger partial charge in [0.05, 0.1) is 11.8 Å². The Labute approximate surface area is 126 Å². The summed E-state index contributed by atoms with van der Waals surface area (Å²) in [7, 11) is 0. The quantitative estimate of drug-likeness (QED) is 0.780. The minimum Gasteiger partial charge on any atom is -0.486 e. The van der Waals surface area contributed by atoms with E-state index in [9.17, 15) is 4.79 Å². The van der Waals surface area contributed by atoms with E-state index in [2.05, 4.69) is 15.6 Å². The number of carbonyl (C=O) groups excluding carboxylic acids is 1. The molecule has 0 atom stereocenters. The Bertz CT molecular complexity index is 747. The number of rotatable bonds is 5. The van der Waals surface area contributed by atoms with Gasteiger partial charge in [-0.3, -0.25) is 10.2 Å². The van der Waals surface area contributed by atoms with Gasteiger partial charge >= 0.3 is 0 Å². The largest absolute Gasteiger partial charge is 0.486 e. The van der Waals surface area contributed by atoms with Crippen molar-refractivity contribution in [1.29, 1.82) is 0 Å². The van der Waals surface area contributed by atoms with Gasteiger partial charge in [0.25, 0.3) is 5.91 Å². The molecule has 1 N–H and O–H groups in total. The normalized spacial score (nSPS) is 10.4. The van der Waals surface area contributed by atoms with E-state index in [0.29, 0.717) is 17.1 Å². The van der Waals surface area contributed by atoms with Crippen LogP contribution >= 0.6 is 0 Å². The van der Waals surface area contributed by atoms with E-state index < -0.39 is 0 Å². The van der Waals surface area contributed by atoms with Crippen LogP contribution < -0.4 is 10.2 Å². The van der Waals surface area contributed by atoms with Crippen molar-refractivity contribution < 1.29 is 13.9 Å². The number of aryl methyl sites for hydroxylation is 1. The van der Waals surface area contributed by atoms with Crippen LogP contribution in [0.3, 0.4) is 0 Å². The summed E-state index contributed by atoms with van der Waals surface area (Å²) >= 11 is 0. The number of furan rings is 1. The van der Waals surface area contributed by atoms with Crippen molar-refractivity contribution in [2.45, 2.75) is 13.5 Å². The maximum Gasteiger partial charge on any atom is 0.273 e. The first-order chi connectivity index (χ1) is 10.7. The van der Waals surface area contributed by atoms with Gasteiger partial charge in [-0.2, -0.15) is 0 Å². The second-order valence-corrected chi connectivity index (χ2v) is 4.67. The number of aromatic nitrogens is 3. The van der Waals surface area contributed by atoms with Crippen molar-refractivity contribution in [1.82, 2.24) is 14.9 Å². The van der Waals surface area contributed by atoms with Crippen molar-refractivity contribution in [2.75, 3.05) is 5.43 Å². The van der Waals surface area contributed by atoms with Gasteiger partial charge < -0.3 is 9.15 Å². The van der Waals surface area contributed by atoms with Gasteiger partial charge in [-0.15, -0.1) is 10.2 Å². The lowest BCUT2D eigenvalue weighted by Gasteiger charge is -2.07. The van der Waals surface area contributed by atoms with Crippen molar-refractivity contribution in [3.8, 4) is 5.75 Å². The molecule has 0 fully saturated rings. The second kappa shape index (κ2) is 6.13. The summed E-state index contributed by atoms with van der Waals surface area (Å²) in [5, 5.41) is 7.22. The Balaban J connectivity index is 1.66. The Morgan fingerprint density at radius 2 is 1.95 bits per heavy atom. The zero-order valence-corrected chi connectivity index (χ0v) is 11.9. The smallest absolute Gasteiger partial charge is 0.273 e. The van der Waals surface area contributed by atoms with Crippen LogP contribution in [0.1, 0.15) is 21.7 Å². The summed E-state index contributed by atoms with van der Waals surface area (Å²) in [6.07, 6.45) is 4.23. The van der Waals surface area contributed by atoms with Crippen LogP contribution in [0.25, 0.3) is 0 Å². The molecule has 7 heteroatoms. The maximum absolute atomic E-state index is 12.1. The molecule has 0 aliphatic rings.